The van der Waals surface area contributed by atoms with Crippen LogP contribution < -0.4 is 14.8 Å². The van der Waals surface area contributed by atoms with Gasteiger partial charge in [0.2, 0.25) is 0 Å². The summed E-state index contributed by atoms with van der Waals surface area (Å²) in [6, 6.07) is 7.05. The summed E-state index contributed by atoms with van der Waals surface area (Å²) in [5.74, 6) is 1.70. The molecular weight excluding hydrogens is 344 g/mol. The van der Waals surface area contributed by atoms with E-state index in [1.54, 1.807) is 0 Å². The van der Waals surface area contributed by atoms with E-state index in [4.69, 9.17) is 14.6 Å². The number of benzene rings is 1. The van der Waals surface area contributed by atoms with Crippen molar-refractivity contribution in [3.8, 4) is 11.5 Å². The first kappa shape index (κ1) is 18.6. The number of aliphatic carboxylic acids is 1. The van der Waals surface area contributed by atoms with Crippen molar-refractivity contribution >= 4 is 5.97 Å². The van der Waals surface area contributed by atoms with Gasteiger partial charge in [0.1, 0.15) is 0 Å². The lowest BCUT2D eigenvalue weighted by Crippen LogP contribution is -2.54. The highest BCUT2D eigenvalue weighted by molar-refractivity contribution is 5.69. The van der Waals surface area contributed by atoms with Crippen molar-refractivity contribution in [3.05, 3.63) is 23.8 Å². The number of ether oxygens (including phenoxy) is 2. The maximum atomic E-state index is 11.1. The highest BCUT2D eigenvalue weighted by Crippen LogP contribution is 2.34. The zero-order valence-electron chi connectivity index (χ0n) is 15.9. The van der Waals surface area contributed by atoms with Crippen LogP contribution in [0.2, 0.25) is 0 Å². The molecule has 2 fully saturated rings. The molecule has 4 rings (SSSR count). The fourth-order valence-corrected chi connectivity index (χ4v) is 3.93. The molecule has 0 radical (unpaired) electrons. The minimum atomic E-state index is -0.713. The Morgan fingerprint density at radius 3 is 2.59 bits per heavy atom. The van der Waals surface area contributed by atoms with Gasteiger partial charge in [-0.15, -0.1) is 0 Å². The van der Waals surface area contributed by atoms with Gasteiger partial charge in [-0.1, -0.05) is 6.07 Å². The van der Waals surface area contributed by atoms with Crippen LogP contribution in [0.5, 0.6) is 11.5 Å². The van der Waals surface area contributed by atoms with Crippen molar-refractivity contribution in [2.45, 2.75) is 57.2 Å². The fraction of sp³-hybridized carbons (Fsp3) is 0.667. The third-order valence-corrected chi connectivity index (χ3v) is 5.81. The average molecular weight is 374 g/mol. The molecule has 27 heavy (non-hydrogen) atoms. The van der Waals surface area contributed by atoms with Gasteiger partial charge in [-0.05, 0) is 62.1 Å². The molecule has 0 unspecified atom stereocenters. The van der Waals surface area contributed by atoms with E-state index in [-0.39, 0.29) is 6.54 Å². The van der Waals surface area contributed by atoms with Gasteiger partial charge in [-0.2, -0.15) is 0 Å². The number of hydrogen-bond acceptors (Lipinski definition) is 5. The summed E-state index contributed by atoms with van der Waals surface area (Å²) in [6.45, 7) is 3.43. The van der Waals surface area contributed by atoms with Gasteiger partial charge in [0.25, 0.3) is 0 Å². The number of rotatable bonds is 8. The van der Waals surface area contributed by atoms with Crippen LogP contribution >= 0.6 is 0 Å². The van der Waals surface area contributed by atoms with Crippen LogP contribution in [0.25, 0.3) is 0 Å². The Bertz CT molecular complexity index is 656. The topological polar surface area (TPSA) is 71.0 Å². The third-order valence-electron chi connectivity index (χ3n) is 5.81. The number of carbonyl (C=O) groups is 1. The van der Waals surface area contributed by atoms with Crippen molar-refractivity contribution < 1.29 is 19.4 Å². The van der Waals surface area contributed by atoms with E-state index in [1.165, 1.54) is 18.4 Å². The lowest BCUT2D eigenvalue weighted by atomic mass is 9.85. The van der Waals surface area contributed by atoms with Crippen LogP contribution in [0, 0.1) is 5.92 Å². The molecule has 2 N–H and O–H groups in total. The predicted molar refractivity (Wildman–Crippen MR) is 102 cm³/mol. The largest absolute Gasteiger partial charge is 0.490 e. The van der Waals surface area contributed by atoms with E-state index in [2.05, 4.69) is 22.3 Å². The van der Waals surface area contributed by atoms with Crippen LogP contribution in [0.4, 0.5) is 0 Å². The van der Waals surface area contributed by atoms with Crippen LogP contribution in [0.15, 0.2) is 18.2 Å². The smallest absolute Gasteiger partial charge is 0.317 e. The van der Waals surface area contributed by atoms with Gasteiger partial charge >= 0.3 is 5.97 Å². The summed E-state index contributed by atoms with van der Waals surface area (Å²) >= 11 is 0. The molecular formula is C21H30N2O4. The normalized spacial score (nSPS) is 24.8. The maximum absolute atomic E-state index is 11.1. The van der Waals surface area contributed by atoms with Gasteiger partial charge < -0.3 is 19.9 Å². The minimum Gasteiger partial charge on any atom is -0.490 e. The Balaban J connectivity index is 1.25. The second-order valence-electron chi connectivity index (χ2n) is 8.15. The Hall–Kier alpha value is -1.79. The van der Waals surface area contributed by atoms with E-state index in [0.717, 1.165) is 69.4 Å². The average Bonchev–Trinajstić information content (AvgIpc) is 3.38. The molecule has 0 bridgehead atoms. The Labute approximate surface area is 160 Å². The van der Waals surface area contributed by atoms with E-state index in [1.807, 2.05) is 6.07 Å². The number of fused-ring (bicyclic) bond motifs is 1. The standard InChI is InChI=1S/C21H30N2O4/c24-21(25)14-23(13-15-3-4-15)18-10-17(11-18)22-12-16-5-6-19-20(9-16)27-8-2-1-7-26-19/h5-6,9,15,17-18,22H,1-4,7-8,10-14H2,(H,24,25). The molecule has 0 atom stereocenters. The molecule has 3 aliphatic rings. The summed E-state index contributed by atoms with van der Waals surface area (Å²) in [4.78, 5) is 13.3. The minimum absolute atomic E-state index is 0.177. The van der Waals surface area contributed by atoms with Crippen molar-refractivity contribution in [1.29, 1.82) is 0 Å². The van der Waals surface area contributed by atoms with Crippen LogP contribution in [0.1, 0.15) is 44.1 Å². The van der Waals surface area contributed by atoms with Crippen molar-refractivity contribution in [2.24, 2.45) is 5.92 Å². The molecule has 0 saturated heterocycles. The summed E-state index contributed by atoms with van der Waals surface area (Å²) in [5.41, 5.74) is 1.20. The van der Waals surface area contributed by atoms with Crippen molar-refractivity contribution in [3.63, 3.8) is 0 Å². The number of nitrogens with zero attached hydrogens (tertiary/aromatic N) is 1. The predicted octanol–water partition coefficient (Wildman–Crippen LogP) is 2.66. The fourth-order valence-electron chi connectivity index (χ4n) is 3.93. The van der Waals surface area contributed by atoms with Crippen LogP contribution in [0.3, 0.4) is 0 Å². The Kier molecular flexibility index (Phi) is 5.83. The molecule has 6 heteroatoms. The van der Waals surface area contributed by atoms with E-state index < -0.39 is 5.97 Å². The molecule has 1 heterocycles. The lowest BCUT2D eigenvalue weighted by molar-refractivity contribution is -0.139. The van der Waals surface area contributed by atoms with Gasteiger partial charge in [0.15, 0.2) is 11.5 Å². The first-order valence-electron chi connectivity index (χ1n) is 10.2. The summed E-state index contributed by atoms with van der Waals surface area (Å²) in [6.07, 6.45) is 6.64. The highest BCUT2D eigenvalue weighted by Gasteiger charge is 2.36. The Morgan fingerprint density at radius 2 is 1.89 bits per heavy atom. The monoisotopic (exact) mass is 374 g/mol. The Morgan fingerprint density at radius 1 is 1.15 bits per heavy atom. The van der Waals surface area contributed by atoms with Gasteiger partial charge in [0.05, 0.1) is 19.8 Å². The van der Waals surface area contributed by atoms with Crippen molar-refractivity contribution in [2.75, 3.05) is 26.3 Å². The first-order valence-corrected chi connectivity index (χ1v) is 10.2. The molecule has 1 aliphatic heterocycles. The van der Waals surface area contributed by atoms with E-state index in [9.17, 15) is 4.79 Å². The molecule has 6 nitrogen and oxygen atoms in total. The molecule has 0 spiro atoms. The van der Waals surface area contributed by atoms with Gasteiger partial charge in [-0.3, -0.25) is 9.69 Å². The van der Waals surface area contributed by atoms with Gasteiger partial charge in [-0.25, -0.2) is 0 Å². The second-order valence-corrected chi connectivity index (χ2v) is 8.15. The molecule has 2 saturated carbocycles. The number of carboxylic acid groups (broad SMARTS) is 1. The van der Waals surface area contributed by atoms with Crippen LogP contribution in [-0.4, -0.2) is 54.4 Å². The second kappa shape index (κ2) is 8.48. The maximum Gasteiger partial charge on any atom is 0.317 e. The molecule has 1 aromatic rings. The first-order chi connectivity index (χ1) is 13.2. The molecule has 2 aliphatic carbocycles. The quantitative estimate of drug-likeness (QED) is 0.729. The number of nitrogens with one attached hydrogen (secondary N) is 1. The van der Waals surface area contributed by atoms with E-state index >= 15 is 0 Å². The number of carboxylic acids is 1. The zero-order chi connectivity index (χ0) is 18.6. The lowest BCUT2D eigenvalue weighted by Gasteiger charge is -2.43. The zero-order valence-corrected chi connectivity index (χ0v) is 15.9. The highest BCUT2D eigenvalue weighted by atomic mass is 16.5. The summed E-state index contributed by atoms with van der Waals surface area (Å²) in [7, 11) is 0. The number of hydrogen-bond donors (Lipinski definition) is 2. The van der Waals surface area contributed by atoms with Crippen molar-refractivity contribution in [1.82, 2.24) is 10.2 Å². The summed E-state index contributed by atoms with van der Waals surface area (Å²) in [5, 5.41) is 12.8. The molecule has 1 aromatic carbocycles. The van der Waals surface area contributed by atoms with Crippen LogP contribution in [-0.2, 0) is 11.3 Å². The SMILES string of the molecule is O=C(O)CN(CC1CC1)C1CC(NCc2ccc3c(c2)OCCCCO3)C1. The molecule has 0 amide bonds. The third kappa shape index (κ3) is 5.14. The summed E-state index contributed by atoms with van der Waals surface area (Å²) < 4.78 is 11.6. The van der Waals surface area contributed by atoms with E-state index in [0.29, 0.717) is 12.1 Å². The molecule has 0 aromatic heterocycles. The van der Waals surface area contributed by atoms with Gasteiger partial charge in [0, 0.05) is 25.2 Å². The molecule has 148 valence electrons.